The first kappa shape index (κ1) is 21.5. The van der Waals surface area contributed by atoms with Crippen molar-refractivity contribution in [2.45, 2.75) is 25.8 Å². The van der Waals surface area contributed by atoms with Gasteiger partial charge in [-0.25, -0.2) is 4.98 Å². The zero-order valence-electron chi connectivity index (χ0n) is 17.9. The highest BCUT2D eigenvalue weighted by Crippen LogP contribution is 2.22. The van der Waals surface area contributed by atoms with Gasteiger partial charge in [0.05, 0.1) is 18.8 Å². The van der Waals surface area contributed by atoms with Gasteiger partial charge in [-0.1, -0.05) is 49.4 Å². The molecule has 2 amide bonds. The molecular formula is C25H26N4O3. The van der Waals surface area contributed by atoms with E-state index in [-0.39, 0.29) is 24.3 Å². The number of nitrogens with one attached hydrogen (secondary N) is 2. The normalized spacial score (nSPS) is 16.8. The fourth-order valence-electron chi connectivity index (χ4n) is 3.74. The Morgan fingerprint density at radius 3 is 2.72 bits per heavy atom. The topological polar surface area (TPSA) is 95.7 Å². The maximum atomic E-state index is 12.9. The highest BCUT2D eigenvalue weighted by Gasteiger charge is 2.22. The Labute approximate surface area is 186 Å². The van der Waals surface area contributed by atoms with Crippen LogP contribution >= 0.6 is 0 Å². The number of nitrogens with zero attached hydrogens (tertiary/aromatic N) is 2. The Morgan fingerprint density at radius 1 is 1.16 bits per heavy atom. The van der Waals surface area contributed by atoms with Crippen LogP contribution in [0.25, 0.3) is 5.65 Å². The number of imidazole rings is 1. The molecule has 1 aliphatic rings. The van der Waals surface area contributed by atoms with Gasteiger partial charge >= 0.3 is 0 Å². The first-order valence-electron chi connectivity index (χ1n) is 10.7. The second kappa shape index (κ2) is 9.62. The molecule has 0 fully saturated rings. The molecule has 3 N–H and O–H groups in total. The average molecular weight is 431 g/mol. The number of hydrogen-bond donors (Lipinski definition) is 3. The summed E-state index contributed by atoms with van der Waals surface area (Å²) in [6.45, 7) is 1.84. The van der Waals surface area contributed by atoms with Crippen LogP contribution in [0.2, 0.25) is 0 Å². The lowest BCUT2D eigenvalue weighted by molar-refractivity contribution is -0.118. The van der Waals surface area contributed by atoms with Gasteiger partial charge in [-0.05, 0) is 42.5 Å². The Balaban J connectivity index is 1.45. The van der Waals surface area contributed by atoms with Gasteiger partial charge in [-0.3, -0.25) is 14.0 Å². The van der Waals surface area contributed by atoms with Gasteiger partial charge in [-0.15, -0.1) is 0 Å². The van der Waals surface area contributed by atoms with Crippen LogP contribution < -0.4 is 10.6 Å². The molecule has 164 valence electrons. The van der Waals surface area contributed by atoms with Crippen molar-refractivity contribution in [1.82, 2.24) is 20.0 Å². The standard InChI is InChI=1S/C25H26N4O3/c1-17-10-11-19(24(31)27-20(16-30)13-18-7-3-2-4-8-18)14-21(17)28-25(32)22-15-26-23-9-5-6-12-29(22)23/h2-9,11-12,14-15,17,20,30H,10,13,16H2,1H3,(H,27,31)(H,28,32). The molecule has 2 unspecified atom stereocenters. The Kier molecular flexibility index (Phi) is 6.47. The average Bonchev–Trinajstić information content (AvgIpc) is 3.25. The summed E-state index contributed by atoms with van der Waals surface area (Å²) < 4.78 is 1.72. The predicted octanol–water partition coefficient (Wildman–Crippen LogP) is 2.63. The van der Waals surface area contributed by atoms with E-state index >= 15 is 0 Å². The van der Waals surface area contributed by atoms with E-state index in [2.05, 4.69) is 15.6 Å². The van der Waals surface area contributed by atoms with Crippen molar-refractivity contribution in [3.8, 4) is 0 Å². The summed E-state index contributed by atoms with van der Waals surface area (Å²) in [6, 6.07) is 14.9. The number of carbonyl (C=O) groups excluding carboxylic acids is 2. The number of amides is 2. The van der Waals surface area contributed by atoms with Crippen molar-refractivity contribution in [2.75, 3.05) is 6.61 Å². The highest BCUT2D eigenvalue weighted by molar-refractivity contribution is 5.98. The number of aliphatic hydroxyl groups is 1. The molecule has 0 bridgehead atoms. The monoisotopic (exact) mass is 430 g/mol. The van der Waals surface area contributed by atoms with Crippen molar-refractivity contribution in [3.63, 3.8) is 0 Å². The summed E-state index contributed by atoms with van der Waals surface area (Å²) in [6.07, 6.45) is 8.06. The molecule has 7 nitrogen and oxygen atoms in total. The minimum absolute atomic E-state index is 0.0626. The largest absolute Gasteiger partial charge is 0.394 e. The van der Waals surface area contributed by atoms with Crippen molar-refractivity contribution in [1.29, 1.82) is 0 Å². The fourth-order valence-corrected chi connectivity index (χ4v) is 3.74. The van der Waals surface area contributed by atoms with Gasteiger partial charge in [0.25, 0.3) is 11.8 Å². The molecule has 32 heavy (non-hydrogen) atoms. The van der Waals surface area contributed by atoms with Crippen molar-refractivity contribution in [3.05, 3.63) is 95.6 Å². The van der Waals surface area contributed by atoms with Crippen LogP contribution in [0.4, 0.5) is 0 Å². The summed E-state index contributed by atoms with van der Waals surface area (Å²) in [5.41, 5.74) is 3.31. The van der Waals surface area contributed by atoms with E-state index in [1.165, 1.54) is 6.20 Å². The molecule has 0 saturated carbocycles. The molecule has 0 spiro atoms. The second-order valence-electron chi connectivity index (χ2n) is 7.96. The molecule has 2 heterocycles. The first-order valence-corrected chi connectivity index (χ1v) is 10.7. The number of benzene rings is 1. The SMILES string of the molecule is CC1CC=C(C(=O)NC(CO)Cc2ccccc2)C=C1NC(=O)c1cnc2ccccn12. The zero-order chi connectivity index (χ0) is 22.5. The van der Waals surface area contributed by atoms with Crippen LogP contribution in [0.5, 0.6) is 0 Å². The summed E-state index contributed by atoms with van der Waals surface area (Å²) in [5.74, 6) is -0.484. The number of allylic oxidation sites excluding steroid dienone is 2. The number of fused-ring (bicyclic) bond motifs is 1. The molecule has 0 aliphatic heterocycles. The Morgan fingerprint density at radius 2 is 1.94 bits per heavy atom. The van der Waals surface area contributed by atoms with Gasteiger partial charge in [-0.2, -0.15) is 0 Å². The number of rotatable bonds is 7. The fraction of sp³-hybridized carbons (Fsp3) is 0.240. The van der Waals surface area contributed by atoms with E-state index in [4.69, 9.17) is 0 Å². The summed E-state index contributed by atoms with van der Waals surface area (Å²) >= 11 is 0. The third-order valence-corrected chi connectivity index (χ3v) is 5.58. The van der Waals surface area contributed by atoms with E-state index in [0.29, 0.717) is 35.5 Å². The van der Waals surface area contributed by atoms with E-state index in [1.54, 1.807) is 16.7 Å². The molecule has 7 heteroatoms. The number of pyridine rings is 1. The zero-order valence-corrected chi connectivity index (χ0v) is 17.9. The third-order valence-electron chi connectivity index (χ3n) is 5.58. The van der Waals surface area contributed by atoms with Crippen LogP contribution in [0.3, 0.4) is 0 Å². The molecular weight excluding hydrogens is 404 g/mol. The highest BCUT2D eigenvalue weighted by atomic mass is 16.3. The van der Waals surface area contributed by atoms with E-state index in [1.807, 2.05) is 61.5 Å². The number of hydrogen-bond acceptors (Lipinski definition) is 4. The molecule has 4 rings (SSSR count). The number of carbonyl (C=O) groups is 2. The quantitative estimate of drug-likeness (QED) is 0.537. The van der Waals surface area contributed by atoms with Crippen molar-refractivity contribution >= 4 is 17.5 Å². The summed E-state index contributed by atoms with van der Waals surface area (Å²) in [5, 5.41) is 15.6. The van der Waals surface area contributed by atoms with Crippen LogP contribution in [0.15, 0.2) is 84.3 Å². The molecule has 0 radical (unpaired) electrons. The molecule has 1 aliphatic carbocycles. The minimum atomic E-state index is -0.394. The Hall–Kier alpha value is -3.71. The van der Waals surface area contributed by atoms with E-state index in [0.717, 1.165) is 5.56 Å². The number of aliphatic hydroxyl groups excluding tert-OH is 1. The van der Waals surface area contributed by atoms with Crippen LogP contribution in [0, 0.1) is 5.92 Å². The second-order valence-corrected chi connectivity index (χ2v) is 7.96. The van der Waals surface area contributed by atoms with Gasteiger partial charge in [0.2, 0.25) is 0 Å². The Bertz CT molecular complexity index is 1180. The molecule has 2 atom stereocenters. The van der Waals surface area contributed by atoms with Crippen LogP contribution in [0.1, 0.15) is 29.4 Å². The summed E-state index contributed by atoms with van der Waals surface area (Å²) in [4.78, 5) is 30.0. The molecule has 2 aromatic heterocycles. The predicted molar refractivity (Wildman–Crippen MR) is 122 cm³/mol. The third kappa shape index (κ3) is 4.78. The lowest BCUT2D eigenvalue weighted by Crippen LogP contribution is -2.40. The first-order chi connectivity index (χ1) is 15.5. The van der Waals surface area contributed by atoms with Gasteiger partial charge in [0.15, 0.2) is 0 Å². The molecule has 1 aromatic carbocycles. The summed E-state index contributed by atoms with van der Waals surface area (Å²) in [7, 11) is 0. The lowest BCUT2D eigenvalue weighted by atomic mass is 9.94. The number of aromatic nitrogens is 2. The minimum Gasteiger partial charge on any atom is -0.394 e. The van der Waals surface area contributed by atoms with E-state index in [9.17, 15) is 14.7 Å². The molecule has 0 saturated heterocycles. The maximum Gasteiger partial charge on any atom is 0.274 e. The van der Waals surface area contributed by atoms with Crippen molar-refractivity contribution in [2.24, 2.45) is 5.92 Å². The van der Waals surface area contributed by atoms with Crippen LogP contribution in [-0.4, -0.2) is 39.0 Å². The van der Waals surface area contributed by atoms with Gasteiger partial charge in [0.1, 0.15) is 11.3 Å². The maximum absolute atomic E-state index is 12.9. The van der Waals surface area contributed by atoms with E-state index < -0.39 is 6.04 Å². The smallest absolute Gasteiger partial charge is 0.274 e. The van der Waals surface area contributed by atoms with Gasteiger partial charge in [0, 0.05) is 17.5 Å². The van der Waals surface area contributed by atoms with Crippen molar-refractivity contribution < 1.29 is 14.7 Å². The lowest BCUT2D eigenvalue weighted by Gasteiger charge is -2.22. The van der Waals surface area contributed by atoms with Crippen LogP contribution in [-0.2, 0) is 11.2 Å². The molecule has 3 aromatic rings. The van der Waals surface area contributed by atoms with Gasteiger partial charge < -0.3 is 15.7 Å².